The fraction of sp³-hybridized carbons (Fsp3) is 0.381. The van der Waals surface area contributed by atoms with Crippen molar-refractivity contribution in [3.05, 3.63) is 44.5 Å². The van der Waals surface area contributed by atoms with Gasteiger partial charge in [-0.2, -0.15) is 0 Å². The molecule has 8 heteroatoms. The molecule has 2 aromatic rings. The lowest BCUT2D eigenvalue weighted by Crippen LogP contribution is -2.30. The van der Waals surface area contributed by atoms with Gasteiger partial charge < -0.3 is 15.0 Å². The van der Waals surface area contributed by atoms with Crippen LogP contribution in [0.4, 0.5) is 5.00 Å². The van der Waals surface area contributed by atoms with E-state index in [1.54, 1.807) is 31.7 Å². The Balaban J connectivity index is 2.37. The predicted octanol–water partition coefficient (Wildman–Crippen LogP) is 4.82. The number of thiophene rings is 2. The summed E-state index contributed by atoms with van der Waals surface area (Å²) < 4.78 is 5.34. The highest BCUT2D eigenvalue weighted by atomic mass is 32.1. The smallest absolute Gasteiger partial charge is 0.341 e. The Morgan fingerprint density at radius 2 is 1.93 bits per heavy atom. The van der Waals surface area contributed by atoms with Gasteiger partial charge in [-0.05, 0) is 57.7 Å². The zero-order chi connectivity index (χ0) is 21.6. The second kappa shape index (κ2) is 10.4. The van der Waals surface area contributed by atoms with Gasteiger partial charge in [-0.25, -0.2) is 4.79 Å². The minimum absolute atomic E-state index is 0.161. The molecule has 1 N–H and O–H groups in total. The normalized spacial score (nSPS) is 11.1. The molecule has 156 valence electrons. The van der Waals surface area contributed by atoms with Gasteiger partial charge in [0.2, 0.25) is 5.91 Å². The van der Waals surface area contributed by atoms with Crippen LogP contribution in [0.5, 0.6) is 0 Å². The minimum atomic E-state index is -0.551. The van der Waals surface area contributed by atoms with Crippen LogP contribution in [0.15, 0.2) is 23.6 Å². The molecule has 2 aromatic heterocycles. The summed E-state index contributed by atoms with van der Waals surface area (Å²) >= 11 is 2.62. The van der Waals surface area contributed by atoms with E-state index in [0.29, 0.717) is 28.5 Å². The van der Waals surface area contributed by atoms with E-state index in [1.165, 1.54) is 17.4 Å². The quantitative estimate of drug-likeness (QED) is 0.477. The SMILES string of the molecule is CCN(CC)C(=O)c1sc(NC(=O)C=Cc2cccs2)c(C(=O)OC(C)C)c1C. The maximum atomic E-state index is 12.9. The van der Waals surface area contributed by atoms with Crippen molar-refractivity contribution in [1.29, 1.82) is 0 Å². The van der Waals surface area contributed by atoms with Crippen LogP contribution in [0.1, 0.15) is 58.2 Å². The third kappa shape index (κ3) is 5.77. The Bertz CT molecular complexity index is 894. The van der Waals surface area contributed by atoms with Crippen LogP contribution in [-0.4, -0.2) is 41.9 Å². The summed E-state index contributed by atoms with van der Waals surface area (Å²) in [6, 6.07) is 3.80. The third-order valence-corrected chi connectivity index (χ3v) is 6.15. The van der Waals surface area contributed by atoms with Crippen LogP contribution in [0.25, 0.3) is 6.08 Å². The summed E-state index contributed by atoms with van der Waals surface area (Å²) in [6.45, 7) is 10.1. The molecule has 2 amide bonds. The Kier molecular flexibility index (Phi) is 8.16. The number of amides is 2. The predicted molar refractivity (Wildman–Crippen MR) is 119 cm³/mol. The molecule has 2 rings (SSSR count). The van der Waals surface area contributed by atoms with Gasteiger partial charge in [-0.1, -0.05) is 6.07 Å². The zero-order valence-electron chi connectivity index (χ0n) is 17.3. The summed E-state index contributed by atoms with van der Waals surface area (Å²) in [6.07, 6.45) is 2.80. The fourth-order valence-electron chi connectivity index (χ4n) is 2.68. The van der Waals surface area contributed by atoms with Crippen molar-refractivity contribution in [2.24, 2.45) is 0 Å². The van der Waals surface area contributed by atoms with E-state index in [9.17, 15) is 14.4 Å². The molecule has 0 unspecified atom stereocenters. The zero-order valence-corrected chi connectivity index (χ0v) is 18.9. The minimum Gasteiger partial charge on any atom is -0.459 e. The molecule has 0 atom stereocenters. The second-order valence-electron chi connectivity index (χ2n) is 6.53. The van der Waals surface area contributed by atoms with Gasteiger partial charge in [-0.15, -0.1) is 22.7 Å². The monoisotopic (exact) mass is 434 g/mol. The summed E-state index contributed by atoms with van der Waals surface area (Å²) in [5.74, 6) is -1.09. The highest BCUT2D eigenvalue weighted by Gasteiger charge is 2.28. The van der Waals surface area contributed by atoms with Crippen LogP contribution in [-0.2, 0) is 9.53 Å². The molecule has 0 aliphatic rings. The number of nitrogens with zero attached hydrogens (tertiary/aromatic N) is 1. The van der Waals surface area contributed by atoms with Crippen LogP contribution in [0.2, 0.25) is 0 Å². The maximum Gasteiger partial charge on any atom is 0.341 e. The van der Waals surface area contributed by atoms with E-state index in [4.69, 9.17) is 4.74 Å². The molecular formula is C21H26N2O4S2. The van der Waals surface area contributed by atoms with Crippen molar-refractivity contribution in [1.82, 2.24) is 4.90 Å². The van der Waals surface area contributed by atoms with Gasteiger partial charge in [0, 0.05) is 24.0 Å². The lowest BCUT2D eigenvalue weighted by atomic mass is 10.1. The molecule has 0 saturated carbocycles. The first-order valence-electron chi connectivity index (χ1n) is 9.44. The largest absolute Gasteiger partial charge is 0.459 e. The van der Waals surface area contributed by atoms with Crippen molar-refractivity contribution < 1.29 is 19.1 Å². The fourth-order valence-corrected chi connectivity index (χ4v) is 4.46. The molecule has 0 radical (unpaired) electrons. The van der Waals surface area contributed by atoms with E-state index in [2.05, 4.69) is 5.32 Å². The summed E-state index contributed by atoms with van der Waals surface area (Å²) in [5.41, 5.74) is 0.757. The second-order valence-corrected chi connectivity index (χ2v) is 8.53. The van der Waals surface area contributed by atoms with Gasteiger partial charge >= 0.3 is 5.97 Å². The topological polar surface area (TPSA) is 75.7 Å². The van der Waals surface area contributed by atoms with E-state index >= 15 is 0 Å². The number of hydrogen-bond donors (Lipinski definition) is 1. The number of carbonyl (C=O) groups excluding carboxylic acids is 3. The number of ether oxygens (including phenoxy) is 1. The van der Waals surface area contributed by atoms with Gasteiger partial charge in [0.15, 0.2) is 0 Å². The van der Waals surface area contributed by atoms with Gasteiger partial charge in [0.1, 0.15) is 5.00 Å². The molecule has 0 bridgehead atoms. The molecule has 0 aromatic carbocycles. The molecule has 0 aliphatic heterocycles. The summed E-state index contributed by atoms with van der Waals surface area (Å²) in [4.78, 5) is 41.0. The Hall–Kier alpha value is -2.45. The van der Waals surface area contributed by atoms with E-state index in [0.717, 1.165) is 16.2 Å². The number of hydrogen-bond acceptors (Lipinski definition) is 6. The van der Waals surface area contributed by atoms with Crippen LogP contribution >= 0.6 is 22.7 Å². The summed E-state index contributed by atoms with van der Waals surface area (Å²) in [5, 5.41) is 4.99. The average molecular weight is 435 g/mol. The maximum absolute atomic E-state index is 12.9. The number of rotatable bonds is 8. The Morgan fingerprint density at radius 1 is 1.24 bits per heavy atom. The lowest BCUT2D eigenvalue weighted by Gasteiger charge is -2.18. The van der Waals surface area contributed by atoms with E-state index in [1.807, 2.05) is 31.4 Å². The molecule has 0 spiro atoms. The van der Waals surface area contributed by atoms with Crippen LogP contribution in [0.3, 0.4) is 0 Å². The van der Waals surface area contributed by atoms with Crippen LogP contribution in [0, 0.1) is 6.92 Å². The molecule has 0 aliphatic carbocycles. The first kappa shape index (κ1) is 22.8. The molecule has 29 heavy (non-hydrogen) atoms. The lowest BCUT2D eigenvalue weighted by molar-refractivity contribution is -0.111. The van der Waals surface area contributed by atoms with Gasteiger partial charge in [0.25, 0.3) is 5.91 Å². The van der Waals surface area contributed by atoms with Crippen molar-refractivity contribution in [2.45, 2.75) is 40.7 Å². The molecule has 0 saturated heterocycles. The molecule has 0 fully saturated rings. The highest BCUT2D eigenvalue weighted by molar-refractivity contribution is 7.18. The Morgan fingerprint density at radius 3 is 2.48 bits per heavy atom. The van der Waals surface area contributed by atoms with Gasteiger partial charge in [0.05, 0.1) is 16.5 Å². The number of esters is 1. The highest BCUT2D eigenvalue weighted by Crippen LogP contribution is 2.35. The van der Waals surface area contributed by atoms with Crippen molar-refractivity contribution in [2.75, 3.05) is 18.4 Å². The van der Waals surface area contributed by atoms with Crippen molar-refractivity contribution >= 4 is 51.5 Å². The third-order valence-electron chi connectivity index (χ3n) is 4.12. The standard InChI is InChI=1S/C21H26N2O4S2/c1-6-23(7-2)20(25)18-14(5)17(21(26)27-13(3)4)19(29-18)22-16(24)11-10-15-9-8-12-28-15/h8-13H,6-7H2,1-5H3,(H,22,24). The molecular weight excluding hydrogens is 408 g/mol. The Labute approximate surface area is 179 Å². The van der Waals surface area contributed by atoms with Crippen LogP contribution < -0.4 is 5.32 Å². The van der Waals surface area contributed by atoms with Gasteiger partial charge in [-0.3, -0.25) is 9.59 Å². The number of nitrogens with one attached hydrogen (secondary N) is 1. The first-order chi connectivity index (χ1) is 13.8. The number of carbonyl (C=O) groups is 3. The van der Waals surface area contributed by atoms with Crippen molar-refractivity contribution in [3.8, 4) is 0 Å². The average Bonchev–Trinajstić information content (AvgIpc) is 3.28. The van der Waals surface area contributed by atoms with Crippen molar-refractivity contribution in [3.63, 3.8) is 0 Å². The summed E-state index contributed by atoms with van der Waals surface area (Å²) in [7, 11) is 0. The molecule has 6 nitrogen and oxygen atoms in total. The number of anilines is 1. The van der Waals surface area contributed by atoms with E-state index < -0.39 is 5.97 Å². The molecule has 2 heterocycles. The first-order valence-corrected chi connectivity index (χ1v) is 11.1. The van der Waals surface area contributed by atoms with E-state index in [-0.39, 0.29) is 23.5 Å².